The molecule has 1 heterocycles. The normalized spacial score (nSPS) is 19.9. The first-order valence-corrected chi connectivity index (χ1v) is 11.2. The Bertz CT molecular complexity index is 223. The van der Waals surface area contributed by atoms with E-state index in [4.69, 9.17) is 0 Å². The summed E-state index contributed by atoms with van der Waals surface area (Å²) in [5.41, 5.74) is 0. The zero-order chi connectivity index (χ0) is 14.6. The molecule has 1 fully saturated rings. The monoisotopic (exact) mass is 301 g/mol. The van der Waals surface area contributed by atoms with E-state index in [1.807, 2.05) is 0 Å². The fourth-order valence-electron chi connectivity index (χ4n) is 1.64. The van der Waals surface area contributed by atoms with Crippen molar-refractivity contribution in [2.75, 3.05) is 41.3 Å². The zero-order valence-corrected chi connectivity index (χ0v) is 14.7. The molecule has 3 nitrogen and oxygen atoms in total. The first-order chi connectivity index (χ1) is 7.86. The second kappa shape index (κ2) is 6.65. The van der Waals surface area contributed by atoms with Crippen LogP contribution < -0.4 is 0 Å². The molecule has 0 aliphatic carbocycles. The fraction of sp³-hybridized carbons (Fsp3) is 1.00. The Labute approximate surface area is 115 Å². The molecule has 0 atom stereocenters. The SMILES string of the molecule is CN(C)[S+](N(C)C)N1CCCC1.C[Si-](C)(C)(F)F. The van der Waals surface area contributed by atoms with Crippen molar-refractivity contribution in [3.05, 3.63) is 0 Å². The van der Waals surface area contributed by atoms with E-state index in [1.165, 1.54) is 25.9 Å². The molecule has 0 bridgehead atoms. The molecular formula is C11H29F2N3SSi. The molecule has 1 aliphatic heterocycles. The summed E-state index contributed by atoms with van der Waals surface area (Å²) >= 11 is 0.197. The van der Waals surface area contributed by atoms with Gasteiger partial charge < -0.3 is 0 Å². The summed E-state index contributed by atoms with van der Waals surface area (Å²) in [6, 6.07) is 0. The van der Waals surface area contributed by atoms with Crippen LogP contribution in [0.3, 0.4) is 0 Å². The van der Waals surface area contributed by atoms with Crippen molar-refractivity contribution < 1.29 is 8.22 Å². The van der Waals surface area contributed by atoms with Gasteiger partial charge in [0.05, 0.1) is 0 Å². The van der Waals surface area contributed by atoms with E-state index in [1.54, 1.807) is 0 Å². The van der Waals surface area contributed by atoms with Crippen molar-refractivity contribution in [3.8, 4) is 0 Å². The summed E-state index contributed by atoms with van der Waals surface area (Å²) in [6.07, 6.45) is 2.73. The van der Waals surface area contributed by atoms with Crippen LogP contribution in [0.5, 0.6) is 0 Å². The second-order valence-corrected chi connectivity index (χ2v) is 14.1. The maximum absolute atomic E-state index is 11.9. The molecule has 0 saturated carbocycles. The maximum atomic E-state index is 11.9. The van der Waals surface area contributed by atoms with Crippen LogP contribution in [-0.2, 0) is 11.5 Å². The van der Waals surface area contributed by atoms with E-state index in [-0.39, 0.29) is 11.5 Å². The van der Waals surface area contributed by atoms with Gasteiger partial charge in [-0.1, -0.05) is 12.9 Å². The van der Waals surface area contributed by atoms with Crippen LogP contribution >= 0.6 is 0 Å². The Kier molecular flexibility index (Phi) is 6.76. The van der Waals surface area contributed by atoms with E-state index in [0.29, 0.717) is 0 Å². The van der Waals surface area contributed by atoms with Gasteiger partial charge in [0.1, 0.15) is 0 Å². The predicted molar refractivity (Wildman–Crippen MR) is 81.1 cm³/mol. The molecular weight excluding hydrogens is 272 g/mol. The Morgan fingerprint density at radius 2 is 1.17 bits per heavy atom. The fourth-order valence-corrected chi connectivity index (χ4v) is 3.80. The molecule has 0 aromatic heterocycles. The Morgan fingerprint density at radius 3 is 1.39 bits per heavy atom. The van der Waals surface area contributed by atoms with Crippen LogP contribution in [0.1, 0.15) is 12.8 Å². The van der Waals surface area contributed by atoms with E-state index in [0.717, 1.165) is 19.6 Å². The van der Waals surface area contributed by atoms with Crippen molar-refractivity contribution in [2.45, 2.75) is 32.5 Å². The number of halogens is 2. The molecule has 0 radical (unpaired) electrons. The topological polar surface area (TPSA) is 9.72 Å². The number of rotatable bonds is 3. The third-order valence-electron chi connectivity index (χ3n) is 1.95. The van der Waals surface area contributed by atoms with Gasteiger partial charge in [0, 0.05) is 41.3 Å². The molecule has 0 amide bonds. The summed E-state index contributed by atoms with van der Waals surface area (Å²) in [5, 5.41) is 0. The average Bonchev–Trinajstić information content (AvgIpc) is 2.49. The summed E-state index contributed by atoms with van der Waals surface area (Å²) in [5.74, 6) is 0. The third-order valence-corrected chi connectivity index (χ3v) is 4.08. The number of nitrogens with zero attached hydrogens (tertiary/aromatic N) is 3. The van der Waals surface area contributed by atoms with Gasteiger partial charge in [0.25, 0.3) is 11.5 Å². The standard InChI is InChI=1S/C8H20N3S.C3H9F2Si/c1-9(2)12(10(3)4)11-7-5-6-8-11;1-6(2,3,4)5/h5-8H2,1-4H3;1-3H3/q+1;-1. The van der Waals surface area contributed by atoms with E-state index in [2.05, 4.69) is 41.1 Å². The third kappa shape index (κ3) is 10.2. The van der Waals surface area contributed by atoms with Gasteiger partial charge in [-0.2, -0.15) is 0 Å². The van der Waals surface area contributed by atoms with Crippen molar-refractivity contribution in [2.24, 2.45) is 0 Å². The van der Waals surface area contributed by atoms with Gasteiger partial charge in [-0.15, -0.1) is 0 Å². The molecule has 0 unspecified atom stereocenters. The van der Waals surface area contributed by atoms with Crippen LogP contribution in [0.4, 0.5) is 8.22 Å². The number of hydrogen-bond donors (Lipinski definition) is 0. The first kappa shape index (κ1) is 18.3. The van der Waals surface area contributed by atoms with Crippen LogP contribution in [0.25, 0.3) is 0 Å². The van der Waals surface area contributed by atoms with E-state index in [9.17, 15) is 8.22 Å². The summed E-state index contributed by atoms with van der Waals surface area (Å²) in [7, 11) is 4.37. The van der Waals surface area contributed by atoms with Crippen molar-refractivity contribution in [3.63, 3.8) is 0 Å². The minimum absolute atomic E-state index is 0.197. The van der Waals surface area contributed by atoms with Crippen LogP contribution in [0.2, 0.25) is 19.6 Å². The molecule has 0 aromatic carbocycles. The van der Waals surface area contributed by atoms with Gasteiger partial charge in [0.15, 0.2) is 0 Å². The van der Waals surface area contributed by atoms with Crippen molar-refractivity contribution in [1.82, 2.24) is 12.9 Å². The van der Waals surface area contributed by atoms with Gasteiger partial charge in [0.2, 0.25) is 0 Å². The Hall–Kier alpha value is 0.307. The summed E-state index contributed by atoms with van der Waals surface area (Å²) < 4.78 is 30.9. The van der Waals surface area contributed by atoms with Crippen LogP contribution in [0.15, 0.2) is 0 Å². The number of hydrogen-bond acceptors (Lipinski definition) is 3. The molecule has 112 valence electrons. The summed E-state index contributed by atoms with van der Waals surface area (Å²) in [4.78, 5) is 0. The van der Waals surface area contributed by atoms with Gasteiger partial charge in [-0.05, 0) is 12.8 Å². The molecule has 7 heteroatoms. The first-order valence-electron chi connectivity index (χ1n) is 6.35. The predicted octanol–water partition coefficient (Wildman–Crippen LogP) is 2.78. The molecule has 0 N–H and O–H groups in total. The zero-order valence-electron chi connectivity index (χ0n) is 12.8. The second-order valence-electron chi connectivity index (χ2n) is 6.21. The molecule has 1 saturated heterocycles. The molecule has 18 heavy (non-hydrogen) atoms. The minimum atomic E-state index is -4.25. The molecule has 0 spiro atoms. The average molecular weight is 302 g/mol. The van der Waals surface area contributed by atoms with Crippen molar-refractivity contribution >= 4 is 19.5 Å². The molecule has 1 rings (SSSR count). The van der Waals surface area contributed by atoms with Gasteiger partial charge >= 0.3 is 35.9 Å². The molecule has 0 aromatic rings. The van der Waals surface area contributed by atoms with Crippen LogP contribution in [0, 0.1) is 0 Å². The Balaban J connectivity index is 0.000000411. The Morgan fingerprint density at radius 1 is 0.889 bits per heavy atom. The van der Waals surface area contributed by atoms with Gasteiger partial charge in [-0.3, -0.25) is 0 Å². The van der Waals surface area contributed by atoms with Crippen LogP contribution in [-0.4, -0.2) is 62.2 Å². The summed E-state index contributed by atoms with van der Waals surface area (Å²) in [6.45, 7) is 5.61. The quantitative estimate of drug-likeness (QED) is 0.451. The van der Waals surface area contributed by atoms with Crippen molar-refractivity contribution in [1.29, 1.82) is 0 Å². The van der Waals surface area contributed by atoms with E-state index < -0.39 is 8.02 Å². The van der Waals surface area contributed by atoms with E-state index >= 15 is 0 Å². The van der Waals surface area contributed by atoms with Gasteiger partial charge in [-0.25, -0.2) is 0 Å². The molecule has 1 aliphatic rings.